The van der Waals surface area contributed by atoms with Gasteiger partial charge in [0.15, 0.2) is 0 Å². The molecule has 0 spiro atoms. The van der Waals surface area contributed by atoms with E-state index in [2.05, 4.69) is 4.98 Å². The van der Waals surface area contributed by atoms with E-state index in [0.717, 1.165) is 0 Å². The molecule has 0 unspecified atom stereocenters. The summed E-state index contributed by atoms with van der Waals surface area (Å²) in [5.74, 6) is -0.552. The van der Waals surface area contributed by atoms with Gasteiger partial charge in [0.1, 0.15) is 9.77 Å². The van der Waals surface area contributed by atoms with E-state index in [9.17, 15) is 4.39 Å². The number of aromatic nitrogens is 1. The van der Waals surface area contributed by atoms with Gasteiger partial charge in [-0.05, 0) is 34.7 Å². The lowest BCUT2D eigenvalue weighted by Crippen LogP contribution is -1.89. The second kappa shape index (κ2) is 2.92. The van der Waals surface area contributed by atoms with Gasteiger partial charge in [-0.15, -0.1) is 0 Å². The summed E-state index contributed by atoms with van der Waals surface area (Å²) in [6.45, 7) is 0. The molecule has 1 rings (SSSR count). The molecule has 1 heterocycles. The first kappa shape index (κ1) is 7.41. The molecule has 0 saturated carbocycles. The summed E-state index contributed by atoms with van der Waals surface area (Å²) in [6.07, 6.45) is 0. The van der Waals surface area contributed by atoms with Crippen molar-refractivity contribution >= 4 is 22.6 Å². The summed E-state index contributed by atoms with van der Waals surface area (Å²) < 4.78 is 12.7. The molecule has 2 nitrogen and oxygen atoms in total. The molecule has 10 heavy (non-hydrogen) atoms. The van der Waals surface area contributed by atoms with Gasteiger partial charge in [-0.1, -0.05) is 0 Å². The Hall–Kier alpha value is -0.700. The summed E-state index contributed by atoms with van der Waals surface area (Å²) >= 11 is 1.81. The van der Waals surface area contributed by atoms with Crippen molar-refractivity contribution in [3.8, 4) is 6.07 Å². The third-order valence-corrected chi connectivity index (χ3v) is 1.76. The van der Waals surface area contributed by atoms with Crippen LogP contribution in [0.3, 0.4) is 0 Å². The lowest BCUT2D eigenvalue weighted by Gasteiger charge is -1.91. The first-order valence-corrected chi connectivity index (χ1v) is 3.54. The van der Waals surface area contributed by atoms with Crippen LogP contribution in [0.2, 0.25) is 0 Å². The van der Waals surface area contributed by atoms with E-state index in [4.69, 9.17) is 5.26 Å². The van der Waals surface area contributed by atoms with Gasteiger partial charge in [0, 0.05) is 0 Å². The zero-order chi connectivity index (χ0) is 7.56. The molecule has 0 saturated heterocycles. The Balaban J connectivity index is 3.23. The molecule has 0 aliphatic rings. The number of nitrogens with zero attached hydrogens (tertiary/aromatic N) is 2. The molecule has 1 aromatic heterocycles. The van der Waals surface area contributed by atoms with Crippen molar-refractivity contribution in [1.29, 1.82) is 5.26 Å². The lowest BCUT2D eigenvalue weighted by molar-refractivity contribution is 0.580. The predicted molar refractivity (Wildman–Crippen MR) is 41.6 cm³/mol. The molecule has 0 radical (unpaired) electrons. The van der Waals surface area contributed by atoms with E-state index in [-0.39, 0.29) is 0 Å². The molecule has 0 bridgehead atoms. The fraction of sp³-hybridized carbons (Fsp3) is 0. The highest BCUT2D eigenvalue weighted by atomic mass is 127. The Morgan fingerprint density at radius 2 is 2.30 bits per heavy atom. The molecular weight excluding hydrogens is 246 g/mol. The van der Waals surface area contributed by atoms with Crippen LogP contribution in [0.15, 0.2) is 12.1 Å². The maximum absolute atomic E-state index is 12.3. The van der Waals surface area contributed by atoms with Gasteiger partial charge in [0.05, 0.1) is 5.56 Å². The highest BCUT2D eigenvalue weighted by Gasteiger charge is 1.99. The Kier molecular flexibility index (Phi) is 2.17. The smallest absolute Gasteiger partial charge is 0.212 e. The lowest BCUT2D eigenvalue weighted by atomic mass is 10.3. The van der Waals surface area contributed by atoms with Gasteiger partial charge in [0.25, 0.3) is 0 Å². The SMILES string of the molecule is N#Cc1ccc(F)nc1I. The van der Waals surface area contributed by atoms with Gasteiger partial charge >= 0.3 is 0 Å². The third-order valence-electron chi connectivity index (χ3n) is 0.935. The van der Waals surface area contributed by atoms with Crippen LogP contribution in [0.25, 0.3) is 0 Å². The highest BCUT2D eigenvalue weighted by molar-refractivity contribution is 14.1. The zero-order valence-corrected chi connectivity index (χ0v) is 6.96. The van der Waals surface area contributed by atoms with Crippen LogP contribution in [-0.4, -0.2) is 4.98 Å². The number of rotatable bonds is 0. The summed E-state index contributed by atoms with van der Waals surface area (Å²) in [7, 11) is 0. The number of hydrogen-bond donors (Lipinski definition) is 0. The fourth-order valence-corrected chi connectivity index (χ4v) is 1.03. The van der Waals surface area contributed by atoms with Crippen molar-refractivity contribution in [2.45, 2.75) is 0 Å². The Morgan fingerprint density at radius 1 is 1.60 bits per heavy atom. The average molecular weight is 248 g/mol. The number of hydrogen-bond acceptors (Lipinski definition) is 2. The largest absolute Gasteiger partial charge is 0.213 e. The Bertz CT molecular complexity index is 292. The van der Waals surface area contributed by atoms with E-state index in [1.807, 2.05) is 28.7 Å². The van der Waals surface area contributed by atoms with Crippen molar-refractivity contribution in [3.63, 3.8) is 0 Å². The van der Waals surface area contributed by atoms with Crippen molar-refractivity contribution in [2.24, 2.45) is 0 Å². The first-order valence-electron chi connectivity index (χ1n) is 2.46. The summed E-state index contributed by atoms with van der Waals surface area (Å²) in [5, 5.41) is 8.39. The molecule has 0 amide bonds. The molecule has 0 N–H and O–H groups in total. The second-order valence-electron chi connectivity index (χ2n) is 1.58. The van der Waals surface area contributed by atoms with Crippen LogP contribution >= 0.6 is 22.6 Å². The van der Waals surface area contributed by atoms with Crippen LogP contribution in [-0.2, 0) is 0 Å². The van der Waals surface area contributed by atoms with Gasteiger partial charge in [-0.3, -0.25) is 0 Å². The maximum Gasteiger partial charge on any atom is 0.213 e. The van der Waals surface area contributed by atoms with Crippen molar-refractivity contribution in [3.05, 3.63) is 27.3 Å². The molecule has 0 aliphatic carbocycles. The van der Waals surface area contributed by atoms with Crippen LogP contribution in [0.1, 0.15) is 5.56 Å². The molecule has 4 heteroatoms. The first-order chi connectivity index (χ1) is 4.74. The second-order valence-corrected chi connectivity index (χ2v) is 2.61. The molecule has 0 atom stereocenters. The molecule has 0 fully saturated rings. The standard InChI is InChI=1S/C6H2FIN2/c7-5-2-1-4(3-9)6(8)10-5/h1-2H. The van der Waals surface area contributed by atoms with Crippen LogP contribution in [0, 0.1) is 21.0 Å². The summed E-state index contributed by atoms with van der Waals surface area (Å²) in [5.41, 5.74) is 0.405. The van der Waals surface area contributed by atoms with Crippen molar-refractivity contribution in [1.82, 2.24) is 4.98 Å². The van der Waals surface area contributed by atoms with E-state index in [1.165, 1.54) is 12.1 Å². The van der Waals surface area contributed by atoms with E-state index in [0.29, 0.717) is 9.26 Å². The van der Waals surface area contributed by atoms with E-state index < -0.39 is 5.95 Å². The van der Waals surface area contributed by atoms with Crippen LogP contribution < -0.4 is 0 Å². The minimum atomic E-state index is -0.552. The van der Waals surface area contributed by atoms with E-state index in [1.54, 1.807) is 0 Å². The normalized spacial score (nSPS) is 8.90. The molecule has 0 aromatic carbocycles. The maximum atomic E-state index is 12.3. The third kappa shape index (κ3) is 1.42. The highest BCUT2D eigenvalue weighted by Crippen LogP contribution is 2.07. The van der Waals surface area contributed by atoms with Crippen LogP contribution in [0.5, 0.6) is 0 Å². The molecular formula is C6H2FIN2. The quantitative estimate of drug-likeness (QED) is 0.517. The average Bonchev–Trinajstić information content (AvgIpc) is 1.88. The number of nitriles is 1. The topological polar surface area (TPSA) is 36.7 Å². The van der Waals surface area contributed by atoms with Crippen molar-refractivity contribution < 1.29 is 4.39 Å². The molecule has 1 aromatic rings. The van der Waals surface area contributed by atoms with Crippen molar-refractivity contribution in [2.75, 3.05) is 0 Å². The molecule has 50 valence electrons. The Morgan fingerprint density at radius 3 is 2.80 bits per heavy atom. The number of halogens is 2. The molecule has 0 aliphatic heterocycles. The fourth-order valence-electron chi connectivity index (χ4n) is 0.496. The van der Waals surface area contributed by atoms with E-state index >= 15 is 0 Å². The summed E-state index contributed by atoms with van der Waals surface area (Å²) in [6, 6.07) is 4.46. The van der Waals surface area contributed by atoms with Gasteiger partial charge < -0.3 is 0 Å². The zero-order valence-electron chi connectivity index (χ0n) is 4.81. The predicted octanol–water partition coefficient (Wildman–Crippen LogP) is 1.70. The minimum Gasteiger partial charge on any atom is -0.212 e. The Labute approximate surface area is 70.8 Å². The van der Waals surface area contributed by atoms with Crippen LogP contribution in [0.4, 0.5) is 4.39 Å². The van der Waals surface area contributed by atoms with Gasteiger partial charge in [-0.25, -0.2) is 4.98 Å². The van der Waals surface area contributed by atoms with Gasteiger partial charge in [0.2, 0.25) is 5.95 Å². The number of pyridine rings is 1. The minimum absolute atomic E-state index is 0.403. The monoisotopic (exact) mass is 248 g/mol. The van der Waals surface area contributed by atoms with Gasteiger partial charge in [-0.2, -0.15) is 9.65 Å². The summed E-state index contributed by atoms with van der Waals surface area (Å²) in [4.78, 5) is 3.44.